The first-order chi connectivity index (χ1) is 15.6. The standard InChI is InChI=1S/C24H21FN4O3/c1-29-12-11-27-23(29)16-31-19-7-5-18(6-8-19)24(30)28-14-17-4-9-22(21(25)13-17)32-20-3-2-10-26-15-20/h2-13,15H,14,16H2,1H3,(H,28,30). The number of nitrogens with zero attached hydrogens (tertiary/aromatic N) is 3. The number of hydrogen-bond acceptors (Lipinski definition) is 5. The number of aromatic nitrogens is 3. The van der Waals surface area contributed by atoms with Gasteiger partial charge in [0.1, 0.15) is 23.9 Å². The number of ether oxygens (including phenoxy) is 2. The van der Waals surface area contributed by atoms with Crippen LogP contribution in [0.15, 0.2) is 79.4 Å². The fraction of sp³-hybridized carbons (Fsp3) is 0.125. The van der Waals surface area contributed by atoms with Crippen molar-refractivity contribution in [1.29, 1.82) is 0 Å². The Kier molecular flexibility index (Phi) is 6.41. The smallest absolute Gasteiger partial charge is 0.251 e. The first-order valence-electron chi connectivity index (χ1n) is 9.92. The average Bonchev–Trinajstić information content (AvgIpc) is 3.23. The lowest BCUT2D eigenvalue weighted by atomic mass is 10.1. The van der Waals surface area contributed by atoms with Gasteiger partial charge >= 0.3 is 0 Å². The van der Waals surface area contributed by atoms with E-state index in [1.54, 1.807) is 54.9 Å². The van der Waals surface area contributed by atoms with Crippen molar-refractivity contribution in [2.45, 2.75) is 13.2 Å². The highest BCUT2D eigenvalue weighted by Crippen LogP contribution is 2.24. The molecule has 0 atom stereocenters. The molecule has 7 nitrogen and oxygen atoms in total. The molecule has 0 bridgehead atoms. The highest BCUT2D eigenvalue weighted by atomic mass is 19.1. The zero-order chi connectivity index (χ0) is 22.3. The fourth-order valence-electron chi connectivity index (χ4n) is 2.94. The minimum Gasteiger partial charge on any atom is -0.486 e. The van der Waals surface area contributed by atoms with Gasteiger partial charge in [-0.2, -0.15) is 0 Å². The normalized spacial score (nSPS) is 10.6. The Balaban J connectivity index is 1.30. The number of aryl methyl sites for hydroxylation is 1. The topological polar surface area (TPSA) is 78.3 Å². The van der Waals surface area contributed by atoms with Crippen LogP contribution >= 0.6 is 0 Å². The number of nitrogens with one attached hydrogen (secondary N) is 1. The van der Waals surface area contributed by atoms with Crippen molar-refractivity contribution in [2.75, 3.05) is 0 Å². The van der Waals surface area contributed by atoms with Crippen molar-refractivity contribution < 1.29 is 18.7 Å². The van der Waals surface area contributed by atoms with Crippen LogP contribution in [-0.2, 0) is 20.2 Å². The van der Waals surface area contributed by atoms with Crippen LogP contribution in [-0.4, -0.2) is 20.4 Å². The molecule has 0 saturated carbocycles. The van der Waals surface area contributed by atoms with Crippen LogP contribution < -0.4 is 14.8 Å². The molecule has 0 saturated heterocycles. The number of carbonyl (C=O) groups excluding carboxylic acids is 1. The van der Waals surface area contributed by atoms with Crippen LogP contribution in [0.4, 0.5) is 4.39 Å². The van der Waals surface area contributed by atoms with Gasteiger partial charge in [0.2, 0.25) is 0 Å². The van der Waals surface area contributed by atoms with E-state index in [9.17, 15) is 9.18 Å². The highest BCUT2D eigenvalue weighted by Gasteiger charge is 2.09. The molecular formula is C24H21FN4O3. The van der Waals surface area contributed by atoms with Gasteiger partial charge in [-0.15, -0.1) is 0 Å². The van der Waals surface area contributed by atoms with Gasteiger partial charge in [0.15, 0.2) is 11.6 Å². The van der Waals surface area contributed by atoms with E-state index in [2.05, 4.69) is 15.3 Å². The van der Waals surface area contributed by atoms with E-state index in [1.807, 2.05) is 17.8 Å². The van der Waals surface area contributed by atoms with Crippen molar-refractivity contribution >= 4 is 5.91 Å². The number of rotatable bonds is 8. The van der Waals surface area contributed by atoms with E-state index in [4.69, 9.17) is 9.47 Å². The van der Waals surface area contributed by atoms with Crippen molar-refractivity contribution in [2.24, 2.45) is 7.05 Å². The largest absolute Gasteiger partial charge is 0.486 e. The van der Waals surface area contributed by atoms with Crippen LogP contribution in [0.5, 0.6) is 17.2 Å². The molecule has 32 heavy (non-hydrogen) atoms. The quantitative estimate of drug-likeness (QED) is 0.450. The molecule has 1 N–H and O–H groups in total. The molecule has 0 spiro atoms. The molecule has 0 unspecified atom stereocenters. The highest BCUT2D eigenvalue weighted by molar-refractivity contribution is 5.94. The summed E-state index contributed by atoms with van der Waals surface area (Å²) in [5.41, 5.74) is 1.09. The van der Waals surface area contributed by atoms with Crippen LogP contribution in [0.25, 0.3) is 0 Å². The summed E-state index contributed by atoms with van der Waals surface area (Å²) in [5, 5.41) is 2.78. The number of carbonyl (C=O) groups is 1. The molecule has 0 aliphatic rings. The van der Waals surface area contributed by atoms with Crippen molar-refractivity contribution in [3.05, 3.63) is 102 Å². The van der Waals surface area contributed by atoms with Crippen LogP contribution in [0, 0.1) is 5.82 Å². The van der Waals surface area contributed by atoms with E-state index in [-0.39, 0.29) is 18.2 Å². The predicted molar refractivity (Wildman–Crippen MR) is 116 cm³/mol. The summed E-state index contributed by atoms with van der Waals surface area (Å²) in [5.74, 6) is 1.19. The lowest BCUT2D eigenvalue weighted by Gasteiger charge is -2.10. The lowest BCUT2D eigenvalue weighted by Crippen LogP contribution is -2.22. The first kappa shape index (κ1) is 21.0. The Labute approximate surface area is 184 Å². The van der Waals surface area contributed by atoms with Crippen molar-refractivity contribution in [1.82, 2.24) is 19.9 Å². The maximum atomic E-state index is 14.3. The van der Waals surface area contributed by atoms with Crippen LogP contribution in [0.2, 0.25) is 0 Å². The first-order valence-corrected chi connectivity index (χ1v) is 9.92. The van der Waals surface area contributed by atoms with Gasteiger partial charge in [-0.25, -0.2) is 9.37 Å². The van der Waals surface area contributed by atoms with Gasteiger partial charge in [0.05, 0.1) is 6.20 Å². The number of benzene rings is 2. The van der Waals surface area contributed by atoms with Gasteiger partial charge < -0.3 is 19.4 Å². The van der Waals surface area contributed by atoms with E-state index < -0.39 is 5.82 Å². The molecule has 0 fully saturated rings. The second-order valence-corrected chi connectivity index (χ2v) is 7.01. The average molecular weight is 432 g/mol. The third-order valence-electron chi connectivity index (χ3n) is 4.72. The van der Waals surface area contributed by atoms with E-state index in [0.29, 0.717) is 29.2 Å². The summed E-state index contributed by atoms with van der Waals surface area (Å²) in [7, 11) is 1.90. The maximum absolute atomic E-state index is 14.3. The number of halogens is 1. The van der Waals surface area contributed by atoms with Crippen LogP contribution in [0.3, 0.4) is 0 Å². The summed E-state index contributed by atoms with van der Waals surface area (Å²) in [6.07, 6.45) is 6.67. The zero-order valence-corrected chi connectivity index (χ0v) is 17.4. The van der Waals surface area contributed by atoms with E-state index in [0.717, 1.165) is 5.82 Å². The molecule has 0 aliphatic heterocycles. The number of pyridine rings is 1. The Morgan fingerprint density at radius 1 is 1.09 bits per heavy atom. The van der Waals surface area contributed by atoms with Gasteiger partial charge in [0, 0.05) is 37.7 Å². The third-order valence-corrected chi connectivity index (χ3v) is 4.72. The molecular weight excluding hydrogens is 411 g/mol. The predicted octanol–water partition coefficient (Wildman–Crippen LogP) is 4.26. The molecule has 2 aromatic carbocycles. The maximum Gasteiger partial charge on any atom is 0.251 e. The van der Waals surface area contributed by atoms with Gasteiger partial charge in [-0.3, -0.25) is 9.78 Å². The molecule has 2 aromatic heterocycles. The Hall–Kier alpha value is -4.20. The molecule has 4 rings (SSSR count). The van der Waals surface area contributed by atoms with E-state index >= 15 is 0 Å². The Bertz CT molecular complexity index is 1190. The number of imidazole rings is 1. The Morgan fingerprint density at radius 2 is 1.94 bits per heavy atom. The molecule has 0 radical (unpaired) electrons. The summed E-state index contributed by atoms with van der Waals surface area (Å²) in [4.78, 5) is 20.5. The van der Waals surface area contributed by atoms with Crippen molar-refractivity contribution in [3.63, 3.8) is 0 Å². The second kappa shape index (κ2) is 9.74. The lowest BCUT2D eigenvalue weighted by molar-refractivity contribution is 0.0951. The molecule has 4 aromatic rings. The number of amides is 1. The molecule has 1 amide bonds. The Morgan fingerprint density at radius 3 is 2.62 bits per heavy atom. The SMILES string of the molecule is Cn1ccnc1COc1ccc(C(=O)NCc2ccc(Oc3cccnc3)c(F)c2)cc1. The molecule has 0 aliphatic carbocycles. The summed E-state index contributed by atoms with van der Waals surface area (Å²) < 4.78 is 27.4. The van der Waals surface area contributed by atoms with Gasteiger partial charge in [-0.1, -0.05) is 6.07 Å². The van der Waals surface area contributed by atoms with Gasteiger partial charge in [-0.05, 0) is 54.1 Å². The van der Waals surface area contributed by atoms with Crippen LogP contribution in [0.1, 0.15) is 21.7 Å². The minimum atomic E-state index is -0.519. The summed E-state index contributed by atoms with van der Waals surface area (Å²) >= 11 is 0. The summed E-state index contributed by atoms with van der Waals surface area (Å²) in [6.45, 7) is 0.515. The number of hydrogen-bond donors (Lipinski definition) is 1. The molecule has 8 heteroatoms. The minimum absolute atomic E-state index is 0.0919. The third kappa shape index (κ3) is 5.28. The zero-order valence-electron chi connectivity index (χ0n) is 17.4. The van der Waals surface area contributed by atoms with Crippen molar-refractivity contribution in [3.8, 4) is 17.2 Å². The van der Waals surface area contributed by atoms with Gasteiger partial charge in [0.25, 0.3) is 5.91 Å². The molecule has 162 valence electrons. The molecule has 2 heterocycles. The second-order valence-electron chi connectivity index (χ2n) is 7.01. The van der Waals surface area contributed by atoms with E-state index in [1.165, 1.54) is 18.3 Å². The summed E-state index contributed by atoms with van der Waals surface area (Å²) in [6, 6.07) is 14.8. The monoisotopic (exact) mass is 432 g/mol. The fourth-order valence-corrected chi connectivity index (χ4v) is 2.94.